The maximum atomic E-state index is 10.1. The number of imidazole rings is 1. The SMILES string of the molecule is CC1CCC(C(O)Cc2nccn2C)C1. The highest BCUT2D eigenvalue weighted by Gasteiger charge is 2.28. The molecule has 15 heavy (non-hydrogen) atoms. The van der Waals surface area contributed by atoms with E-state index in [1.54, 1.807) is 6.20 Å². The minimum Gasteiger partial charge on any atom is -0.392 e. The summed E-state index contributed by atoms with van der Waals surface area (Å²) in [4.78, 5) is 4.25. The van der Waals surface area contributed by atoms with E-state index in [0.717, 1.165) is 11.7 Å². The van der Waals surface area contributed by atoms with Gasteiger partial charge < -0.3 is 9.67 Å². The summed E-state index contributed by atoms with van der Waals surface area (Å²) >= 11 is 0. The van der Waals surface area contributed by atoms with Crippen LogP contribution < -0.4 is 0 Å². The topological polar surface area (TPSA) is 38.1 Å². The van der Waals surface area contributed by atoms with Crippen LogP contribution in [0.15, 0.2) is 12.4 Å². The lowest BCUT2D eigenvalue weighted by atomic mass is 9.97. The van der Waals surface area contributed by atoms with E-state index < -0.39 is 0 Å². The summed E-state index contributed by atoms with van der Waals surface area (Å²) in [6.07, 6.45) is 7.82. The Bertz CT molecular complexity index is 321. The van der Waals surface area contributed by atoms with Crippen LogP contribution >= 0.6 is 0 Å². The molecule has 0 aliphatic heterocycles. The van der Waals surface area contributed by atoms with Crippen LogP contribution in [0.25, 0.3) is 0 Å². The number of aliphatic hydroxyl groups is 1. The maximum Gasteiger partial charge on any atom is 0.110 e. The fourth-order valence-electron chi connectivity index (χ4n) is 2.55. The zero-order chi connectivity index (χ0) is 10.8. The fraction of sp³-hybridized carbons (Fsp3) is 0.750. The molecule has 1 N–H and O–H groups in total. The number of aryl methyl sites for hydroxylation is 1. The Morgan fingerprint density at radius 2 is 2.40 bits per heavy atom. The molecule has 0 aromatic carbocycles. The normalized spacial score (nSPS) is 28.2. The highest BCUT2D eigenvalue weighted by atomic mass is 16.3. The summed E-state index contributed by atoms with van der Waals surface area (Å²) in [6.45, 7) is 2.27. The first-order valence-corrected chi connectivity index (χ1v) is 5.81. The summed E-state index contributed by atoms with van der Waals surface area (Å²) in [6, 6.07) is 0. The summed E-state index contributed by atoms with van der Waals surface area (Å²) in [5.41, 5.74) is 0. The van der Waals surface area contributed by atoms with Gasteiger partial charge >= 0.3 is 0 Å². The predicted octanol–water partition coefficient (Wildman–Crippen LogP) is 1.76. The van der Waals surface area contributed by atoms with Crippen LogP contribution in [0.4, 0.5) is 0 Å². The zero-order valence-corrected chi connectivity index (χ0v) is 9.56. The van der Waals surface area contributed by atoms with E-state index in [1.807, 2.05) is 17.8 Å². The van der Waals surface area contributed by atoms with Gasteiger partial charge in [-0.1, -0.05) is 13.3 Å². The second kappa shape index (κ2) is 4.35. The molecule has 2 rings (SSSR count). The summed E-state index contributed by atoms with van der Waals surface area (Å²) < 4.78 is 1.99. The number of aromatic nitrogens is 2. The molecule has 0 spiro atoms. The lowest BCUT2D eigenvalue weighted by Crippen LogP contribution is -2.22. The third-order valence-corrected chi connectivity index (χ3v) is 3.59. The van der Waals surface area contributed by atoms with Crippen molar-refractivity contribution in [2.75, 3.05) is 0 Å². The van der Waals surface area contributed by atoms with Gasteiger partial charge in [-0.3, -0.25) is 0 Å². The van der Waals surface area contributed by atoms with Crippen LogP contribution in [0.1, 0.15) is 32.0 Å². The van der Waals surface area contributed by atoms with E-state index in [1.165, 1.54) is 19.3 Å². The smallest absolute Gasteiger partial charge is 0.110 e. The molecule has 1 heterocycles. The largest absolute Gasteiger partial charge is 0.392 e. The number of hydrogen-bond donors (Lipinski definition) is 1. The Kier molecular flexibility index (Phi) is 3.10. The van der Waals surface area contributed by atoms with E-state index in [2.05, 4.69) is 11.9 Å². The predicted molar refractivity (Wildman–Crippen MR) is 59.4 cm³/mol. The van der Waals surface area contributed by atoms with E-state index >= 15 is 0 Å². The minimum absolute atomic E-state index is 0.212. The molecule has 3 atom stereocenters. The lowest BCUT2D eigenvalue weighted by Gasteiger charge is -2.17. The summed E-state index contributed by atoms with van der Waals surface area (Å²) in [7, 11) is 1.98. The van der Waals surface area contributed by atoms with Crippen LogP contribution in [-0.2, 0) is 13.5 Å². The fourth-order valence-corrected chi connectivity index (χ4v) is 2.55. The molecule has 3 unspecified atom stereocenters. The Hall–Kier alpha value is -0.830. The number of hydrogen-bond acceptors (Lipinski definition) is 2. The van der Waals surface area contributed by atoms with Crippen molar-refractivity contribution in [2.24, 2.45) is 18.9 Å². The van der Waals surface area contributed by atoms with Gasteiger partial charge in [0.2, 0.25) is 0 Å². The molecule has 84 valence electrons. The Balaban J connectivity index is 1.92. The van der Waals surface area contributed by atoms with Crippen molar-refractivity contribution >= 4 is 0 Å². The van der Waals surface area contributed by atoms with Gasteiger partial charge in [0.05, 0.1) is 6.10 Å². The van der Waals surface area contributed by atoms with E-state index in [-0.39, 0.29) is 6.10 Å². The van der Waals surface area contributed by atoms with Crippen LogP contribution in [0.5, 0.6) is 0 Å². The number of rotatable bonds is 3. The van der Waals surface area contributed by atoms with Crippen molar-refractivity contribution in [3.05, 3.63) is 18.2 Å². The van der Waals surface area contributed by atoms with Gasteiger partial charge in [0.25, 0.3) is 0 Å². The molecule has 1 aliphatic carbocycles. The van der Waals surface area contributed by atoms with Gasteiger partial charge in [0.1, 0.15) is 5.82 Å². The first-order chi connectivity index (χ1) is 7.16. The quantitative estimate of drug-likeness (QED) is 0.822. The van der Waals surface area contributed by atoms with Crippen LogP contribution in [0.2, 0.25) is 0 Å². The van der Waals surface area contributed by atoms with Crippen molar-refractivity contribution in [3.8, 4) is 0 Å². The molecule has 1 aromatic rings. The Morgan fingerprint density at radius 3 is 2.93 bits per heavy atom. The van der Waals surface area contributed by atoms with Crippen LogP contribution in [-0.4, -0.2) is 20.8 Å². The van der Waals surface area contributed by atoms with Crippen molar-refractivity contribution in [3.63, 3.8) is 0 Å². The maximum absolute atomic E-state index is 10.1. The molecule has 3 heteroatoms. The lowest BCUT2D eigenvalue weighted by molar-refractivity contribution is 0.106. The molecular weight excluding hydrogens is 188 g/mol. The average molecular weight is 208 g/mol. The highest BCUT2D eigenvalue weighted by molar-refractivity contribution is 4.95. The second-order valence-corrected chi connectivity index (χ2v) is 4.90. The molecule has 1 saturated carbocycles. The minimum atomic E-state index is -0.212. The van der Waals surface area contributed by atoms with Gasteiger partial charge in [-0.2, -0.15) is 0 Å². The molecule has 1 fully saturated rings. The number of nitrogens with zero attached hydrogens (tertiary/aromatic N) is 2. The molecule has 0 radical (unpaired) electrons. The molecular formula is C12H20N2O. The van der Waals surface area contributed by atoms with Gasteiger partial charge in [-0.05, 0) is 24.7 Å². The van der Waals surface area contributed by atoms with Crippen LogP contribution in [0, 0.1) is 11.8 Å². The summed E-state index contributed by atoms with van der Waals surface area (Å²) in [5, 5.41) is 10.1. The Labute approximate surface area is 91.1 Å². The first kappa shape index (κ1) is 10.7. The van der Waals surface area contributed by atoms with Crippen LogP contribution in [0.3, 0.4) is 0 Å². The van der Waals surface area contributed by atoms with E-state index in [9.17, 15) is 5.11 Å². The van der Waals surface area contributed by atoms with Crippen molar-refractivity contribution in [1.82, 2.24) is 9.55 Å². The molecule has 3 nitrogen and oxygen atoms in total. The molecule has 0 saturated heterocycles. The van der Waals surface area contributed by atoms with Gasteiger partial charge in [0.15, 0.2) is 0 Å². The van der Waals surface area contributed by atoms with Gasteiger partial charge in [-0.25, -0.2) is 4.98 Å². The first-order valence-electron chi connectivity index (χ1n) is 5.81. The average Bonchev–Trinajstić information content (AvgIpc) is 2.77. The monoisotopic (exact) mass is 208 g/mol. The third kappa shape index (κ3) is 2.40. The van der Waals surface area contributed by atoms with Crippen molar-refractivity contribution in [1.29, 1.82) is 0 Å². The van der Waals surface area contributed by atoms with Gasteiger partial charge in [-0.15, -0.1) is 0 Å². The molecule has 0 amide bonds. The molecule has 1 aliphatic rings. The van der Waals surface area contributed by atoms with Gasteiger partial charge in [0, 0.05) is 25.9 Å². The molecule has 1 aromatic heterocycles. The standard InChI is InChI=1S/C12H20N2O/c1-9-3-4-10(7-9)11(15)8-12-13-5-6-14(12)2/h5-6,9-11,15H,3-4,7-8H2,1-2H3. The highest BCUT2D eigenvalue weighted by Crippen LogP contribution is 2.33. The Morgan fingerprint density at radius 1 is 1.60 bits per heavy atom. The summed E-state index contributed by atoms with van der Waals surface area (Å²) in [5.74, 6) is 2.25. The third-order valence-electron chi connectivity index (χ3n) is 3.59. The van der Waals surface area contributed by atoms with E-state index in [4.69, 9.17) is 0 Å². The molecule has 0 bridgehead atoms. The second-order valence-electron chi connectivity index (χ2n) is 4.90. The number of aliphatic hydroxyl groups excluding tert-OH is 1. The van der Waals surface area contributed by atoms with Crippen molar-refractivity contribution < 1.29 is 5.11 Å². The van der Waals surface area contributed by atoms with Crippen molar-refractivity contribution in [2.45, 2.75) is 38.7 Å². The van der Waals surface area contributed by atoms with E-state index in [0.29, 0.717) is 12.3 Å². The zero-order valence-electron chi connectivity index (χ0n) is 9.56.